The molecule has 1 N–H and O–H groups in total. The predicted octanol–water partition coefficient (Wildman–Crippen LogP) is -2.79. The first-order chi connectivity index (χ1) is 6.34. The molecule has 9 heteroatoms. The Hall–Kier alpha value is -0.670. The van der Waals surface area contributed by atoms with Crippen molar-refractivity contribution in [3.8, 4) is 5.75 Å². The van der Waals surface area contributed by atoms with E-state index in [1.165, 1.54) is 0 Å². The molecule has 0 amide bonds. The van der Waals surface area contributed by atoms with E-state index in [2.05, 4.69) is 0 Å². The molecule has 1 aromatic rings. The number of phenols is 1. The van der Waals surface area contributed by atoms with Gasteiger partial charge in [-0.3, -0.25) is 10.1 Å². The van der Waals surface area contributed by atoms with Crippen molar-refractivity contribution in [2.24, 2.45) is 0 Å². The Kier molecular flexibility index (Phi) is 4.68. The molecular weight excluding hydrogens is 237 g/mol. The van der Waals surface area contributed by atoms with Crippen LogP contribution in [0.5, 0.6) is 5.75 Å². The zero-order valence-corrected chi connectivity index (χ0v) is 10.4. The van der Waals surface area contributed by atoms with Gasteiger partial charge in [0.25, 0.3) is 5.69 Å². The normalized spacial score (nSPS) is 10.5. The average molecular weight is 241 g/mol. The minimum absolute atomic E-state index is 0. The van der Waals surface area contributed by atoms with Gasteiger partial charge < -0.3 is 9.66 Å². The van der Waals surface area contributed by atoms with Crippen LogP contribution in [0.3, 0.4) is 0 Å². The van der Waals surface area contributed by atoms with Crippen molar-refractivity contribution in [2.75, 3.05) is 0 Å². The Morgan fingerprint density at radius 3 is 2.20 bits per heavy atom. The molecule has 0 heterocycles. The fourth-order valence-corrected chi connectivity index (χ4v) is 1.64. The standard InChI is InChI=1S/C6H5NO6S.Na/c8-5-3-1-2-4(7(9)10)6(5)14(11,12)13;/h1-3,8H,(H,11,12,13);/q;+1/p-1. The van der Waals surface area contributed by atoms with E-state index in [9.17, 15) is 23.1 Å². The first kappa shape index (κ1) is 14.3. The second-order valence-corrected chi connectivity index (χ2v) is 3.65. The van der Waals surface area contributed by atoms with Gasteiger partial charge in [-0.2, -0.15) is 0 Å². The van der Waals surface area contributed by atoms with Crippen molar-refractivity contribution in [3.05, 3.63) is 28.3 Å². The van der Waals surface area contributed by atoms with Crippen molar-refractivity contribution in [1.29, 1.82) is 0 Å². The molecule has 1 rings (SSSR count). The second-order valence-electron chi connectivity index (χ2n) is 2.34. The van der Waals surface area contributed by atoms with E-state index in [0.29, 0.717) is 0 Å². The number of hydrogen-bond acceptors (Lipinski definition) is 6. The Balaban J connectivity index is 0.00000196. The van der Waals surface area contributed by atoms with E-state index in [0.717, 1.165) is 18.2 Å². The average Bonchev–Trinajstić information content (AvgIpc) is 2.01. The van der Waals surface area contributed by atoms with Gasteiger partial charge in [0.15, 0.2) is 4.90 Å². The quantitative estimate of drug-likeness (QED) is 0.258. The molecule has 0 aliphatic heterocycles. The summed E-state index contributed by atoms with van der Waals surface area (Å²) in [5.74, 6) is -0.922. The molecule has 0 aliphatic rings. The van der Waals surface area contributed by atoms with Crippen LogP contribution in [0.4, 0.5) is 5.69 Å². The molecule has 7 nitrogen and oxygen atoms in total. The van der Waals surface area contributed by atoms with Crippen LogP contribution in [0.1, 0.15) is 0 Å². The van der Waals surface area contributed by atoms with Crippen molar-refractivity contribution in [3.63, 3.8) is 0 Å². The van der Waals surface area contributed by atoms with Gasteiger partial charge in [0.1, 0.15) is 15.9 Å². The number of nitrogens with zero attached hydrogens (tertiary/aromatic N) is 1. The zero-order chi connectivity index (χ0) is 10.9. The van der Waals surface area contributed by atoms with Crippen LogP contribution in [-0.2, 0) is 10.1 Å². The first-order valence-corrected chi connectivity index (χ1v) is 4.67. The van der Waals surface area contributed by atoms with Gasteiger partial charge in [-0.1, -0.05) is 6.07 Å². The molecule has 15 heavy (non-hydrogen) atoms. The number of aromatic hydroxyl groups is 1. The van der Waals surface area contributed by atoms with Crippen LogP contribution in [-0.4, -0.2) is 23.0 Å². The summed E-state index contributed by atoms with van der Waals surface area (Å²) in [5.41, 5.74) is -0.931. The topological polar surface area (TPSA) is 121 Å². The molecule has 0 saturated carbocycles. The van der Waals surface area contributed by atoms with E-state index in [1.807, 2.05) is 0 Å². The molecule has 0 spiro atoms. The largest absolute Gasteiger partial charge is 1.00 e. The van der Waals surface area contributed by atoms with Gasteiger partial charge in [-0.15, -0.1) is 0 Å². The number of nitro groups is 1. The summed E-state index contributed by atoms with van der Waals surface area (Å²) < 4.78 is 31.7. The third-order valence-electron chi connectivity index (χ3n) is 1.42. The van der Waals surface area contributed by atoms with E-state index in [-0.39, 0.29) is 29.6 Å². The van der Waals surface area contributed by atoms with Crippen molar-refractivity contribution in [2.45, 2.75) is 4.90 Å². The van der Waals surface area contributed by atoms with Crippen LogP contribution in [0.15, 0.2) is 23.1 Å². The van der Waals surface area contributed by atoms with Crippen molar-refractivity contribution in [1.82, 2.24) is 0 Å². The van der Waals surface area contributed by atoms with Crippen LogP contribution in [0.25, 0.3) is 0 Å². The Labute approximate surface area is 107 Å². The minimum Gasteiger partial charge on any atom is -0.744 e. The molecule has 0 bridgehead atoms. The zero-order valence-electron chi connectivity index (χ0n) is 7.58. The smallest absolute Gasteiger partial charge is 0.744 e. The van der Waals surface area contributed by atoms with Crippen LogP contribution < -0.4 is 29.6 Å². The van der Waals surface area contributed by atoms with Crippen LogP contribution >= 0.6 is 0 Å². The van der Waals surface area contributed by atoms with Gasteiger partial charge in [-0.25, -0.2) is 8.42 Å². The molecule has 0 radical (unpaired) electrons. The van der Waals surface area contributed by atoms with Gasteiger partial charge in [0, 0.05) is 6.07 Å². The van der Waals surface area contributed by atoms with Gasteiger partial charge in [-0.05, 0) is 6.07 Å². The summed E-state index contributed by atoms with van der Waals surface area (Å²) in [6, 6.07) is 2.78. The Morgan fingerprint density at radius 2 is 1.87 bits per heavy atom. The summed E-state index contributed by atoms with van der Waals surface area (Å²) in [5, 5.41) is 19.3. The van der Waals surface area contributed by atoms with Crippen molar-refractivity contribution < 1.29 is 52.6 Å². The summed E-state index contributed by atoms with van der Waals surface area (Å²) in [6.07, 6.45) is 0. The molecule has 76 valence electrons. The molecule has 0 fully saturated rings. The number of benzene rings is 1. The Morgan fingerprint density at radius 1 is 1.33 bits per heavy atom. The SMILES string of the molecule is O=[N+]([O-])c1cccc(O)c1S(=O)(=O)[O-].[Na+]. The fourth-order valence-electron chi connectivity index (χ4n) is 0.913. The summed E-state index contributed by atoms with van der Waals surface area (Å²) in [6.45, 7) is 0. The Bertz CT molecular complexity index is 484. The number of phenolic OH excluding ortho intramolecular Hbond substituents is 1. The number of rotatable bonds is 2. The molecule has 0 atom stereocenters. The first-order valence-electron chi connectivity index (χ1n) is 3.26. The number of nitro benzene ring substituents is 1. The van der Waals surface area contributed by atoms with E-state index in [4.69, 9.17) is 5.11 Å². The van der Waals surface area contributed by atoms with Crippen LogP contribution in [0, 0.1) is 10.1 Å². The number of hydrogen-bond donors (Lipinski definition) is 1. The molecule has 0 saturated heterocycles. The maximum absolute atomic E-state index is 10.6. The molecule has 0 aromatic heterocycles. The summed E-state index contributed by atoms with van der Waals surface area (Å²) >= 11 is 0. The minimum atomic E-state index is -5.05. The summed E-state index contributed by atoms with van der Waals surface area (Å²) in [7, 11) is -5.05. The van der Waals surface area contributed by atoms with Crippen LogP contribution in [0.2, 0.25) is 0 Å². The third-order valence-corrected chi connectivity index (χ3v) is 2.34. The van der Waals surface area contributed by atoms with E-state index in [1.54, 1.807) is 0 Å². The van der Waals surface area contributed by atoms with E-state index < -0.39 is 31.4 Å². The van der Waals surface area contributed by atoms with Gasteiger partial charge in [0.05, 0.1) is 4.92 Å². The van der Waals surface area contributed by atoms with E-state index >= 15 is 0 Å². The van der Waals surface area contributed by atoms with Crippen molar-refractivity contribution >= 4 is 15.8 Å². The fraction of sp³-hybridized carbons (Fsp3) is 0. The maximum atomic E-state index is 10.6. The monoisotopic (exact) mass is 241 g/mol. The predicted molar refractivity (Wildman–Crippen MR) is 42.7 cm³/mol. The summed E-state index contributed by atoms with van der Waals surface area (Å²) in [4.78, 5) is 8.06. The molecule has 0 unspecified atom stereocenters. The second kappa shape index (κ2) is 4.90. The molecule has 0 aliphatic carbocycles. The van der Waals surface area contributed by atoms with Gasteiger partial charge >= 0.3 is 29.6 Å². The maximum Gasteiger partial charge on any atom is 1.00 e. The molecule has 1 aromatic carbocycles. The molecular formula is C6H4NNaO6S. The third kappa shape index (κ3) is 3.14. The van der Waals surface area contributed by atoms with Gasteiger partial charge in [0.2, 0.25) is 0 Å².